The Kier molecular flexibility index (Phi) is 7.11. The third-order valence-corrected chi connectivity index (χ3v) is 2.29. The topological polar surface area (TPSA) is 52.3 Å². The van der Waals surface area contributed by atoms with E-state index in [4.69, 9.17) is 10.5 Å². The van der Waals surface area contributed by atoms with Gasteiger partial charge in [-0.1, -0.05) is 25.8 Å². The van der Waals surface area contributed by atoms with Gasteiger partial charge in [0, 0.05) is 12.7 Å². The molecule has 3 heteroatoms. The fourth-order valence-corrected chi connectivity index (χ4v) is 1.17. The zero-order valence-corrected chi connectivity index (χ0v) is 9.38. The van der Waals surface area contributed by atoms with Gasteiger partial charge >= 0.3 is 0 Å². The largest absolute Gasteiger partial charge is 0.381 e. The van der Waals surface area contributed by atoms with Gasteiger partial charge in [0.25, 0.3) is 0 Å². The summed E-state index contributed by atoms with van der Waals surface area (Å²) in [5, 5.41) is 0. The van der Waals surface area contributed by atoms with Crippen LogP contribution < -0.4 is 5.73 Å². The van der Waals surface area contributed by atoms with Gasteiger partial charge in [0.15, 0.2) is 0 Å². The van der Waals surface area contributed by atoms with Crippen LogP contribution >= 0.6 is 0 Å². The molecule has 0 radical (unpaired) electrons. The lowest BCUT2D eigenvalue weighted by Gasteiger charge is -2.12. The van der Waals surface area contributed by atoms with Crippen molar-refractivity contribution in [1.82, 2.24) is 0 Å². The molecule has 2 N–H and O–H groups in total. The SMILES string of the molecule is CCCCC(CC=C(C)C(N)=O)OC. The molecule has 0 spiro atoms. The minimum absolute atomic E-state index is 0.212. The number of methoxy groups -OCH3 is 1. The lowest BCUT2D eigenvalue weighted by Crippen LogP contribution is -2.14. The van der Waals surface area contributed by atoms with E-state index in [0.717, 1.165) is 19.3 Å². The van der Waals surface area contributed by atoms with Crippen molar-refractivity contribution in [3.63, 3.8) is 0 Å². The van der Waals surface area contributed by atoms with Gasteiger partial charge in [-0.05, 0) is 19.8 Å². The van der Waals surface area contributed by atoms with Crippen LogP contribution in [0.1, 0.15) is 39.5 Å². The third kappa shape index (κ3) is 5.75. The number of hydrogen-bond donors (Lipinski definition) is 1. The summed E-state index contributed by atoms with van der Waals surface area (Å²) < 4.78 is 5.29. The van der Waals surface area contributed by atoms with E-state index < -0.39 is 0 Å². The quantitative estimate of drug-likeness (QED) is 0.638. The van der Waals surface area contributed by atoms with Crippen LogP contribution in [0.15, 0.2) is 11.6 Å². The Hall–Kier alpha value is -0.830. The summed E-state index contributed by atoms with van der Waals surface area (Å²) in [5.74, 6) is -0.352. The van der Waals surface area contributed by atoms with Gasteiger partial charge < -0.3 is 10.5 Å². The van der Waals surface area contributed by atoms with E-state index in [0.29, 0.717) is 5.57 Å². The van der Waals surface area contributed by atoms with Crippen LogP contribution in [0.2, 0.25) is 0 Å². The number of hydrogen-bond acceptors (Lipinski definition) is 2. The Balaban J connectivity index is 3.93. The molecule has 0 aromatic rings. The van der Waals surface area contributed by atoms with Crippen LogP contribution in [-0.4, -0.2) is 19.1 Å². The van der Waals surface area contributed by atoms with Gasteiger partial charge in [-0.25, -0.2) is 0 Å². The Morgan fingerprint density at radius 1 is 1.57 bits per heavy atom. The molecule has 1 atom stereocenters. The number of carbonyl (C=O) groups excluding carboxylic acids is 1. The number of ether oxygens (including phenoxy) is 1. The van der Waals surface area contributed by atoms with Crippen LogP contribution in [0.3, 0.4) is 0 Å². The van der Waals surface area contributed by atoms with Crippen molar-refractivity contribution in [1.29, 1.82) is 0 Å². The first-order valence-corrected chi connectivity index (χ1v) is 5.11. The molecule has 0 saturated carbocycles. The number of amides is 1. The highest BCUT2D eigenvalue weighted by atomic mass is 16.5. The second-order valence-corrected chi connectivity index (χ2v) is 3.49. The van der Waals surface area contributed by atoms with E-state index in [1.807, 2.05) is 6.08 Å². The monoisotopic (exact) mass is 199 g/mol. The molecule has 1 amide bonds. The number of nitrogens with two attached hydrogens (primary N) is 1. The first kappa shape index (κ1) is 13.2. The molecule has 0 aliphatic rings. The van der Waals surface area contributed by atoms with Crippen LogP contribution in [0, 0.1) is 0 Å². The van der Waals surface area contributed by atoms with Crippen molar-refractivity contribution >= 4 is 5.91 Å². The lowest BCUT2D eigenvalue weighted by molar-refractivity contribution is -0.114. The van der Waals surface area contributed by atoms with Crippen molar-refractivity contribution in [2.45, 2.75) is 45.6 Å². The van der Waals surface area contributed by atoms with Crippen LogP contribution in [0.4, 0.5) is 0 Å². The maximum absolute atomic E-state index is 10.7. The Labute approximate surface area is 86.3 Å². The molecule has 0 saturated heterocycles. The first-order chi connectivity index (χ1) is 6.61. The van der Waals surface area contributed by atoms with Crippen LogP contribution in [-0.2, 0) is 9.53 Å². The maximum atomic E-state index is 10.7. The Morgan fingerprint density at radius 2 is 2.21 bits per heavy atom. The van der Waals surface area contributed by atoms with Crippen LogP contribution in [0.5, 0.6) is 0 Å². The predicted octanol–water partition coefficient (Wildman–Crippen LogP) is 2.01. The lowest BCUT2D eigenvalue weighted by atomic mass is 10.1. The van der Waals surface area contributed by atoms with E-state index in [1.54, 1.807) is 14.0 Å². The molecule has 3 nitrogen and oxygen atoms in total. The van der Waals surface area contributed by atoms with Gasteiger partial charge in [0.2, 0.25) is 5.91 Å². The molecule has 0 heterocycles. The molecule has 1 unspecified atom stereocenters. The third-order valence-electron chi connectivity index (χ3n) is 2.29. The van der Waals surface area contributed by atoms with E-state index in [1.165, 1.54) is 6.42 Å². The van der Waals surface area contributed by atoms with Gasteiger partial charge in [-0.2, -0.15) is 0 Å². The maximum Gasteiger partial charge on any atom is 0.244 e. The highest BCUT2D eigenvalue weighted by molar-refractivity contribution is 5.91. The van der Waals surface area contributed by atoms with Crippen molar-refractivity contribution in [3.8, 4) is 0 Å². The Bertz CT molecular complexity index is 199. The molecule has 14 heavy (non-hydrogen) atoms. The molecular weight excluding hydrogens is 178 g/mol. The van der Waals surface area contributed by atoms with E-state index in [2.05, 4.69) is 6.92 Å². The highest BCUT2D eigenvalue weighted by Crippen LogP contribution is 2.09. The molecule has 0 aliphatic heterocycles. The predicted molar refractivity (Wildman–Crippen MR) is 57.9 cm³/mol. The standard InChI is InChI=1S/C11H21NO2/c1-4-5-6-10(14-3)8-7-9(2)11(12)13/h7,10H,4-6,8H2,1-3H3,(H2,12,13). The molecule has 0 fully saturated rings. The normalized spacial score (nSPS) is 14.1. The number of rotatable bonds is 7. The molecule has 0 aromatic carbocycles. The number of carbonyl (C=O) groups is 1. The fourth-order valence-electron chi connectivity index (χ4n) is 1.17. The zero-order chi connectivity index (χ0) is 11.0. The summed E-state index contributed by atoms with van der Waals surface area (Å²) in [4.78, 5) is 10.7. The van der Waals surface area contributed by atoms with Gasteiger partial charge in [-0.3, -0.25) is 4.79 Å². The zero-order valence-electron chi connectivity index (χ0n) is 9.38. The van der Waals surface area contributed by atoms with Gasteiger partial charge in [0.1, 0.15) is 0 Å². The molecule has 0 rings (SSSR count). The van der Waals surface area contributed by atoms with E-state index in [9.17, 15) is 4.79 Å². The average Bonchev–Trinajstić information content (AvgIpc) is 2.17. The Morgan fingerprint density at radius 3 is 2.64 bits per heavy atom. The molecular formula is C11H21NO2. The summed E-state index contributed by atoms with van der Waals surface area (Å²) in [6.07, 6.45) is 6.19. The van der Waals surface area contributed by atoms with Gasteiger partial charge in [0.05, 0.1) is 6.10 Å². The van der Waals surface area contributed by atoms with E-state index in [-0.39, 0.29) is 12.0 Å². The molecule has 0 bridgehead atoms. The van der Waals surface area contributed by atoms with Crippen molar-refractivity contribution in [2.24, 2.45) is 5.73 Å². The second-order valence-electron chi connectivity index (χ2n) is 3.49. The number of primary amides is 1. The summed E-state index contributed by atoms with van der Waals surface area (Å²) >= 11 is 0. The van der Waals surface area contributed by atoms with Gasteiger partial charge in [-0.15, -0.1) is 0 Å². The van der Waals surface area contributed by atoms with Crippen molar-refractivity contribution in [2.75, 3.05) is 7.11 Å². The second kappa shape index (κ2) is 7.56. The summed E-state index contributed by atoms with van der Waals surface area (Å²) in [6, 6.07) is 0. The molecule has 82 valence electrons. The summed E-state index contributed by atoms with van der Waals surface area (Å²) in [7, 11) is 1.70. The minimum atomic E-state index is -0.352. The molecule has 0 aliphatic carbocycles. The first-order valence-electron chi connectivity index (χ1n) is 5.11. The van der Waals surface area contributed by atoms with E-state index >= 15 is 0 Å². The smallest absolute Gasteiger partial charge is 0.244 e. The average molecular weight is 199 g/mol. The minimum Gasteiger partial charge on any atom is -0.381 e. The summed E-state index contributed by atoms with van der Waals surface area (Å²) in [6.45, 7) is 3.88. The van der Waals surface area contributed by atoms with Crippen molar-refractivity contribution in [3.05, 3.63) is 11.6 Å². The van der Waals surface area contributed by atoms with Crippen LogP contribution in [0.25, 0.3) is 0 Å². The summed E-state index contributed by atoms with van der Waals surface area (Å²) in [5.41, 5.74) is 5.73. The number of unbranched alkanes of at least 4 members (excludes halogenated alkanes) is 1. The fraction of sp³-hybridized carbons (Fsp3) is 0.727. The molecule has 0 aromatic heterocycles. The highest BCUT2D eigenvalue weighted by Gasteiger charge is 2.05. The van der Waals surface area contributed by atoms with Crippen molar-refractivity contribution < 1.29 is 9.53 Å².